The van der Waals surface area contributed by atoms with Gasteiger partial charge in [0.05, 0.1) is 10.6 Å². The summed E-state index contributed by atoms with van der Waals surface area (Å²) in [5, 5.41) is 3.57. The van der Waals surface area contributed by atoms with E-state index in [2.05, 4.69) is 22.4 Å². The van der Waals surface area contributed by atoms with E-state index in [0.29, 0.717) is 10.7 Å². The lowest BCUT2D eigenvalue weighted by molar-refractivity contribution is 0.102. The zero-order valence-electron chi connectivity index (χ0n) is 13.8. The Morgan fingerprint density at radius 3 is 2.58 bits per heavy atom. The van der Waals surface area contributed by atoms with E-state index in [1.54, 1.807) is 11.8 Å². The van der Waals surface area contributed by atoms with E-state index in [-0.39, 0.29) is 5.91 Å². The van der Waals surface area contributed by atoms with Crippen LogP contribution in [0.15, 0.2) is 53.4 Å². The summed E-state index contributed by atoms with van der Waals surface area (Å²) in [5.74, 6) is -0.114. The SMILES string of the molecule is CSc1ccc(C)c(C(=O)Nc2nc(C)c(-c3ccccc3)s2)c1. The van der Waals surface area contributed by atoms with Gasteiger partial charge < -0.3 is 0 Å². The third kappa shape index (κ3) is 3.52. The number of carbonyl (C=O) groups is 1. The number of amides is 1. The molecule has 0 saturated heterocycles. The topological polar surface area (TPSA) is 42.0 Å². The minimum absolute atomic E-state index is 0.114. The standard InChI is InChI=1S/C19H18N2OS2/c1-12-9-10-15(23-3)11-16(12)18(22)21-19-20-13(2)17(24-19)14-7-5-4-6-8-14/h4-11H,1-3H3,(H,20,21,22). The molecule has 0 radical (unpaired) electrons. The summed E-state index contributed by atoms with van der Waals surface area (Å²) in [7, 11) is 0. The zero-order valence-corrected chi connectivity index (χ0v) is 15.4. The molecule has 3 rings (SSSR count). The predicted octanol–water partition coefficient (Wildman–Crippen LogP) is 5.40. The predicted molar refractivity (Wildman–Crippen MR) is 103 cm³/mol. The maximum Gasteiger partial charge on any atom is 0.257 e. The van der Waals surface area contributed by atoms with Crippen molar-refractivity contribution in [2.45, 2.75) is 18.7 Å². The monoisotopic (exact) mass is 354 g/mol. The lowest BCUT2D eigenvalue weighted by atomic mass is 10.1. The highest BCUT2D eigenvalue weighted by atomic mass is 32.2. The van der Waals surface area contributed by atoms with Crippen molar-refractivity contribution in [3.05, 3.63) is 65.4 Å². The van der Waals surface area contributed by atoms with Gasteiger partial charge in [0.15, 0.2) is 5.13 Å². The van der Waals surface area contributed by atoms with E-state index in [1.165, 1.54) is 11.3 Å². The fraction of sp³-hybridized carbons (Fsp3) is 0.158. The highest BCUT2D eigenvalue weighted by Crippen LogP contribution is 2.32. The van der Waals surface area contributed by atoms with Crippen molar-refractivity contribution in [3.63, 3.8) is 0 Å². The van der Waals surface area contributed by atoms with Crippen LogP contribution in [0.4, 0.5) is 5.13 Å². The third-order valence-electron chi connectivity index (χ3n) is 3.74. The first-order valence-corrected chi connectivity index (χ1v) is 9.61. The summed E-state index contributed by atoms with van der Waals surface area (Å²) in [6.45, 7) is 3.91. The van der Waals surface area contributed by atoms with Crippen LogP contribution in [0.25, 0.3) is 10.4 Å². The summed E-state index contributed by atoms with van der Waals surface area (Å²) in [6, 6.07) is 16.0. The minimum atomic E-state index is -0.114. The Morgan fingerprint density at radius 1 is 1.12 bits per heavy atom. The van der Waals surface area contributed by atoms with Crippen LogP contribution in [0.1, 0.15) is 21.6 Å². The number of hydrogen-bond donors (Lipinski definition) is 1. The van der Waals surface area contributed by atoms with Crippen molar-refractivity contribution in [1.29, 1.82) is 0 Å². The van der Waals surface area contributed by atoms with Crippen molar-refractivity contribution in [1.82, 2.24) is 4.98 Å². The van der Waals surface area contributed by atoms with Crippen molar-refractivity contribution in [2.75, 3.05) is 11.6 Å². The Morgan fingerprint density at radius 2 is 1.88 bits per heavy atom. The molecule has 1 amide bonds. The van der Waals surface area contributed by atoms with Crippen LogP contribution in [0.3, 0.4) is 0 Å². The number of thioether (sulfide) groups is 1. The van der Waals surface area contributed by atoms with Gasteiger partial charge in [-0.2, -0.15) is 0 Å². The van der Waals surface area contributed by atoms with Crippen LogP contribution in [0.2, 0.25) is 0 Å². The average molecular weight is 354 g/mol. The van der Waals surface area contributed by atoms with Crippen LogP contribution in [0.5, 0.6) is 0 Å². The van der Waals surface area contributed by atoms with Gasteiger partial charge in [-0.1, -0.05) is 47.7 Å². The quantitative estimate of drug-likeness (QED) is 0.638. The van der Waals surface area contributed by atoms with Crippen LogP contribution >= 0.6 is 23.1 Å². The summed E-state index contributed by atoms with van der Waals surface area (Å²) in [6.07, 6.45) is 2.00. The van der Waals surface area contributed by atoms with Crippen molar-refractivity contribution in [3.8, 4) is 10.4 Å². The fourth-order valence-electron chi connectivity index (χ4n) is 2.44. The average Bonchev–Trinajstić information content (AvgIpc) is 2.96. The molecule has 0 unspecified atom stereocenters. The molecule has 0 atom stereocenters. The van der Waals surface area contributed by atoms with Gasteiger partial charge in [0.1, 0.15) is 0 Å². The van der Waals surface area contributed by atoms with E-state index in [9.17, 15) is 4.79 Å². The number of benzene rings is 2. The molecule has 0 aliphatic carbocycles. The van der Waals surface area contributed by atoms with Gasteiger partial charge in [0.2, 0.25) is 0 Å². The second-order valence-electron chi connectivity index (χ2n) is 5.43. The molecule has 0 aliphatic heterocycles. The molecule has 0 saturated carbocycles. The maximum atomic E-state index is 12.6. The molecule has 0 spiro atoms. The first-order valence-electron chi connectivity index (χ1n) is 7.57. The molecule has 5 heteroatoms. The second-order valence-corrected chi connectivity index (χ2v) is 7.31. The number of hydrogen-bond acceptors (Lipinski definition) is 4. The van der Waals surface area contributed by atoms with E-state index >= 15 is 0 Å². The van der Waals surface area contributed by atoms with Gasteiger partial charge in [-0.15, -0.1) is 11.8 Å². The van der Waals surface area contributed by atoms with Gasteiger partial charge in [0, 0.05) is 10.5 Å². The van der Waals surface area contributed by atoms with Gasteiger partial charge in [0.25, 0.3) is 5.91 Å². The molecular weight excluding hydrogens is 336 g/mol. The number of rotatable bonds is 4. The lowest BCUT2D eigenvalue weighted by Gasteiger charge is -2.07. The van der Waals surface area contributed by atoms with Crippen LogP contribution < -0.4 is 5.32 Å². The molecule has 122 valence electrons. The lowest BCUT2D eigenvalue weighted by Crippen LogP contribution is -2.13. The molecule has 24 heavy (non-hydrogen) atoms. The Balaban J connectivity index is 1.86. The highest BCUT2D eigenvalue weighted by Gasteiger charge is 2.15. The molecule has 3 aromatic rings. The highest BCUT2D eigenvalue weighted by molar-refractivity contribution is 7.98. The maximum absolute atomic E-state index is 12.6. The summed E-state index contributed by atoms with van der Waals surface area (Å²) in [5.41, 5.74) is 3.70. The molecule has 0 fully saturated rings. The molecule has 2 aromatic carbocycles. The Kier molecular flexibility index (Phi) is 5.02. The minimum Gasteiger partial charge on any atom is -0.298 e. The van der Waals surface area contributed by atoms with Crippen molar-refractivity contribution < 1.29 is 4.79 Å². The Bertz CT molecular complexity index is 872. The van der Waals surface area contributed by atoms with E-state index in [0.717, 1.165) is 26.6 Å². The number of anilines is 1. The summed E-state index contributed by atoms with van der Waals surface area (Å²) in [4.78, 5) is 19.3. The largest absolute Gasteiger partial charge is 0.298 e. The van der Waals surface area contributed by atoms with Gasteiger partial charge >= 0.3 is 0 Å². The Hall–Kier alpha value is -2.11. The summed E-state index contributed by atoms with van der Waals surface area (Å²) < 4.78 is 0. The van der Waals surface area contributed by atoms with Crippen LogP contribution in [0, 0.1) is 13.8 Å². The van der Waals surface area contributed by atoms with Crippen molar-refractivity contribution >= 4 is 34.1 Å². The van der Waals surface area contributed by atoms with E-state index in [1.807, 2.05) is 56.5 Å². The first-order chi connectivity index (χ1) is 11.6. The third-order valence-corrected chi connectivity index (χ3v) is 5.59. The first kappa shape index (κ1) is 16.7. The number of carbonyl (C=O) groups excluding carboxylic acids is 1. The fourth-order valence-corrected chi connectivity index (χ4v) is 3.85. The summed E-state index contributed by atoms with van der Waals surface area (Å²) >= 11 is 3.13. The van der Waals surface area contributed by atoms with Crippen LogP contribution in [-0.2, 0) is 0 Å². The molecule has 0 bridgehead atoms. The van der Waals surface area contributed by atoms with Gasteiger partial charge in [-0.05, 0) is 43.4 Å². The molecule has 3 nitrogen and oxygen atoms in total. The van der Waals surface area contributed by atoms with E-state index < -0.39 is 0 Å². The molecular formula is C19H18N2OS2. The molecule has 0 aliphatic rings. The second kappa shape index (κ2) is 7.20. The van der Waals surface area contributed by atoms with E-state index in [4.69, 9.17) is 0 Å². The molecule has 1 N–H and O–H groups in total. The number of aryl methyl sites for hydroxylation is 2. The molecule has 1 aromatic heterocycles. The van der Waals surface area contributed by atoms with Gasteiger partial charge in [-0.25, -0.2) is 4.98 Å². The zero-order chi connectivity index (χ0) is 17.1. The normalized spacial score (nSPS) is 10.6. The number of thiazole rings is 1. The van der Waals surface area contributed by atoms with Crippen molar-refractivity contribution in [2.24, 2.45) is 0 Å². The number of nitrogens with zero attached hydrogens (tertiary/aromatic N) is 1. The number of nitrogens with one attached hydrogen (secondary N) is 1. The van der Waals surface area contributed by atoms with Gasteiger partial charge in [-0.3, -0.25) is 10.1 Å². The Labute approximate surface area is 150 Å². The smallest absolute Gasteiger partial charge is 0.257 e. The van der Waals surface area contributed by atoms with Crippen LogP contribution in [-0.4, -0.2) is 17.1 Å². The number of aromatic nitrogens is 1. The molecule has 1 heterocycles.